The maximum absolute atomic E-state index is 13.1. The van der Waals surface area contributed by atoms with Gasteiger partial charge in [-0.15, -0.1) is 0 Å². The monoisotopic (exact) mass is 423 g/mol. The molecular formula is C26H35N2O3+. The average molecular weight is 424 g/mol. The lowest BCUT2D eigenvalue weighted by molar-refractivity contribution is -0.913. The standard InChI is InChI=1S/C26H34N2O3/c1-20-15-21(2)26(22(3)16-20)27-24(29)17-28(13-9-4-5-10-14-28)18-25(30)31-19-23-11-7-6-8-12-23/h6-8,11-12,15-16H,4-5,9-10,13-14,17-19H2,1-3H3/p+1. The molecule has 1 amide bonds. The summed E-state index contributed by atoms with van der Waals surface area (Å²) in [6, 6.07) is 13.9. The number of amides is 1. The van der Waals surface area contributed by atoms with Crippen molar-refractivity contribution in [2.24, 2.45) is 0 Å². The molecule has 2 aromatic carbocycles. The van der Waals surface area contributed by atoms with Crippen molar-refractivity contribution in [3.05, 3.63) is 64.7 Å². The fraction of sp³-hybridized carbons (Fsp3) is 0.462. The molecule has 0 spiro atoms. The Morgan fingerprint density at radius 1 is 0.903 bits per heavy atom. The van der Waals surface area contributed by atoms with Gasteiger partial charge in [-0.25, -0.2) is 4.79 Å². The number of ether oxygens (including phenoxy) is 1. The summed E-state index contributed by atoms with van der Waals surface area (Å²) in [4.78, 5) is 25.8. The van der Waals surface area contributed by atoms with Gasteiger partial charge in [0.1, 0.15) is 6.61 Å². The third-order valence-corrected chi connectivity index (χ3v) is 6.14. The lowest BCUT2D eigenvalue weighted by atomic mass is 10.1. The summed E-state index contributed by atoms with van der Waals surface area (Å²) in [7, 11) is 0. The second kappa shape index (κ2) is 10.6. The quantitative estimate of drug-likeness (QED) is 0.519. The Hall–Kier alpha value is -2.66. The molecule has 5 nitrogen and oxygen atoms in total. The first-order valence-corrected chi connectivity index (χ1v) is 11.3. The molecule has 0 unspecified atom stereocenters. The normalized spacial score (nSPS) is 15.7. The van der Waals surface area contributed by atoms with E-state index in [-0.39, 0.29) is 25.0 Å². The van der Waals surface area contributed by atoms with Crippen LogP contribution in [0.25, 0.3) is 0 Å². The molecule has 0 aromatic heterocycles. The van der Waals surface area contributed by atoms with Gasteiger partial charge in [-0.3, -0.25) is 4.79 Å². The minimum Gasteiger partial charge on any atom is -0.457 e. The molecule has 0 atom stereocenters. The molecular weight excluding hydrogens is 388 g/mol. The minimum atomic E-state index is -0.235. The van der Waals surface area contributed by atoms with Gasteiger partial charge in [-0.05, 0) is 63.1 Å². The number of carbonyl (C=O) groups is 2. The van der Waals surface area contributed by atoms with Gasteiger partial charge in [0.2, 0.25) is 0 Å². The van der Waals surface area contributed by atoms with Crippen LogP contribution in [0, 0.1) is 20.8 Å². The number of rotatable bonds is 7. The number of aryl methyl sites for hydroxylation is 3. The predicted octanol–water partition coefficient (Wildman–Crippen LogP) is 4.68. The van der Waals surface area contributed by atoms with Gasteiger partial charge in [-0.1, -0.05) is 48.0 Å². The van der Waals surface area contributed by atoms with Crippen molar-refractivity contribution in [2.75, 3.05) is 31.5 Å². The highest BCUT2D eigenvalue weighted by molar-refractivity contribution is 5.93. The second-order valence-corrected chi connectivity index (χ2v) is 8.99. The lowest BCUT2D eigenvalue weighted by Crippen LogP contribution is -2.55. The molecule has 166 valence electrons. The first-order chi connectivity index (χ1) is 14.9. The first kappa shape index (κ1) is 23.0. The third-order valence-electron chi connectivity index (χ3n) is 6.14. The van der Waals surface area contributed by atoms with Crippen LogP contribution in [0.4, 0.5) is 5.69 Å². The number of hydrogen-bond donors (Lipinski definition) is 1. The molecule has 2 aromatic rings. The minimum absolute atomic E-state index is 0.0344. The van der Waals surface area contributed by atoms with E-state index in [4.69, 9.17) is 4.74 Å². The number of esters is 1. The van der Waals surface area contributed by atoms with Crippen LogP contribution in [0.1, 0.15) is 47.9 Å². The topological polar surface area (TPSA) is 55.4 Å². The van der Waals surface area contributed by atoms with E-state index >= 15 is 0 Å². The Morgan fingerprint density at radius 3 is 2.13 bits per heavy atom. The molecule has 1 N–H and O–H groups in total. The zero-order chi connectivity index (χ0) is 22.3. The molecule has 0 aliphatic carbocycles. The van der Waals surface area contributed by atoms with E-state index in [1.807, 2.05) is 44.2 Å². The van der Waals surface area contributed by atoms with E-state index in [0.717, 1.165) is 61.2 Å². The van der Waals surface area contributed by atoms with Crippen LogP contribution in [-0.2, 0) is 20.9 Å². The fourth-order valence-electron chi connectivity index (χ4n) is 4.65. The molecule has 1 saturated heterocycles. The summed E-state index contributed by atoms with van der Waals surface area (Å²) >= 11 is 0. The largest absolute Gasteiger partial charge is 0.457 e. The van der Waals surface area contributed by atoms with Crippen molar-refractivity contribution < 1.29 is 18.8 Å². The highest BCUT2D eigenvalue weighted by Crippen LogP contribution is 2.23. The molecule has 1 fully saturated rings. The van der Waals surface area contributed by atoms with Gasteiger partial charge < -0.3 is 14.5 Å². The Labute approximate surface area is 186 Å². The van der Waals surface area contributed by atoms with Gasteiger partial charge in [0, 0.05) is 5.69 Å². The van der Waals surface area contributed by atoms with Crippen molar-refractivity contribution in [1.29, 1.82) is 0 Å². The summed E-state index contributed by atoms with van der Waals surface area (Å²) in [5, 5.41) is 3.12. The van der Waals surface area contributed by atoms with Crippen LogP contribution in [-0.4, -0.2) is 42.5 Å². The summed E-state index contributed by atoms with van der Waals surface area (Å²) < 4.78 is 6.04. The number of nitrogens with zero attached hydrogens (tertiary/aromatic N) is 1. The number of quaternary nitrogens is 1. The first-order valence-electron chi connectivity index (χ1n) is 11.3. The Kier molecular flexibility index (Phi) is 7.85. The number of hydrogen-bond acceptors (Lipinski definition) is 3. The highest BCUT2D eigenvalue weighted by Gasteiger charge is 2.34. The van der Waals surface area contributed by atoms with Crippen LogP contribution in [0.15, 0.2) is 42.5 Å². The predicted molar refractivity (Wildman–Crippen MR) is 124 cm³/mol. The van der Waals surface area contributed by atoms with E-state index in [9.17, 15) is 9.59 Å². The number of benzene rings is 2. The molecule has 0 saturated carbocycles. The Balaban J connectivity index is 1.68. The highest BCUT2D eigenvalue weighted by atomic mass is 16.5. The molecule has 31 heavy (non-hydrogen) atoms. The number of carbonyl (C=O) groups excluding carboxylic acids is 2. The van der Waals surface area contributed by atoms with Crippen molar-refractivity contribution in [3.8, 4) is 0 Å². The SMILES string of the molecule is Cc1cc(C)c(NC(=O)C[N+]2(CC(=O)OCc3ccccc3)CCCCCC2)c(C)c1. The Morgan fingerprint density at radius 2 is 1.52 bits per heavy atom. The number of anilines is 1. The molecule has 5 heteroatoms. The smallest absolute Gasteiger partial charge is 0.362 e. The van der Waals surface area contributed by atoms with Gasteiger partial charge >= 0.3 is 5.97 Å². The van der Waals surface area contributed by atoms with E-state index in [1.54, 1.807) is 0 Å². The summed E-state index contributed by atoms with van der Waals surface area (Å²) in [6.07, 6.45) is 4.36. The number of likely N-dealkylation sites (tertiary alicyclic amines) is 1. The van der Waals surface area contributed by atoms with Crippen molar-refractivity contribution in [1.82, 2.24) is 0 Å². The lowest BCUT2D eigenvalue weighted by Gasteiger charge is -2.36. The maximum atomic E-state index is 13.1. The zero-order valence-electron chi connectivity index (χ0n) is 19.1. The summed E-state index contributed by atoms with van der Waals surface area (Å²) in [5.74, 6) is -0.269. The molecule has 3 rings (SSSR count). The Bertz CT molecular complexity index is 877. The van der Waals surface area contributed by atoms with E-state index in [1.165, 1.54) is 5.56 Å². The van der Waals surface area contributed by atoms with Crippen LogP contribution in [0.5, 0.6) is 0 Å². The molecule has 0 bridgehead atoms. The van der Waals surface area contributed by atoms with E-state index in [2.05, 4.69) is 24.4 Å². The van der Waals surface area contributed by atoms with Crippen LogP contribution >= 0.6 is 0 Å². The summed E-state index contributed by atoms with van der Waals surface area (Å²) in [5.41, 5.74) is 5.17. The zero-order valence-corrected chi connectivity index (χ0v) is 19.1. The van der Waals surface area contributed by atoms with Crippen LogP contribution in [0.2, 0.25) is 0 Å². The van der Waals surface area contributed by atoms with Crippen LogP contribution in [0.3, 0.4) is 0 Å². The summed E-state index contributed by atoms with van der Waals surface area (Å²) in [6.45, 7) is 8.58. The molecule has 0 radical (unpaired) electrons. The average Bonchev–Trinajstić information content (AvgIpc) is 2.95. The molecule has 1 aliphatic heterocycles. The number of nitrogens with one attached hydrogen (secondary N) is 1. The fourth-order valence-corrected chi connectivity index (χ4v) is 4.65. The van der Waals surface area contributed by atoms with E-state index < -0.39 is 0 Å². The van der Waals surface area contributed by atoms with Gasteiger partial charge in [-0.2, -0.15) is 0 Å². The van der Waals surface area contributed by atoms with E-state index in [0.29, 0.717) is 11.0 Å². The van der Waals surface area contributed by atoms with Crippen molar-refractivity contribution in [3.63, 3.8) is 0 Å². The maximum Gasteiger partial charge on any atom is 0.362 e. The van der Waals surface area contributed by atoms with Crippen LogP contribution < -0.4 is 5.32 Å². The van der Waals surface area contributed by atoms with Crippen molar-refractivity contribution >= 4 is 17.6 Å². The third kappa shape index (κ3) is 6.66. The molecule has 1 heterocycles. The second-order valence-electron chi connectivity index (χ2n) is 8.99. The van der Waals surface area contributed by atoms with Crippen molar-refractivity contribution in [2.45, 2.75) is 53.1 Å². The molecule has 1 aliphatic rings. The van der Waals surface area contributed by atoms with Gasteiger partial charge in [0.25, 0.3) is 5.91 Å². The van der Waals surface area contributed by atoms with Gasteiger partial charge in [0.15, 0.2) is 13.1 Å². The van der Waals surface area contributed by atoms with Gasteiger partial charge in [0.05, 0.1) is 13.1 Å².